The summed E-state index contributed by atoms with van der Waals surface area (Å²) in [5, 5.41) is 1.03. The molecule has 0 bridgehead atoms. The van der Waals surface area contributed by atoms with E-state index in [4.69, 9.17) is 23.2 Å². The van der Waals surface area contributed by atoms with Crippen LogP contribution in [0.1, 0.15) is 10.4 Å². The zero-order valence-corrected chi connectivity index (χ0v) is 9.79. The zero-order valence-electron chi connectivity index (χ0n) is 8.28. The lowest BCUT2D eigenvalue weighted by Gasteiger charge is -2.04. The number of hydrogen-bond donors (Lipinski definition) is 0. The van der Waals surface area contributed by atoms with Crippen molar-refractivity contribution >= 4 is 29.5 Å². The van der Waals surface area contributed by atoms with E-state index in [1.165, 1.54) is 0 Å². The number of rotatable bonds is 2. The molecule has 0 aromatic heterocycles. The van der Waals surface area contributed by atoms with Crippen LogP contribution >= 0.6 is 23.2 Å². The number of benzene rings is 2. The lowest BCUT2D eigenvalue weighted by atomic mass is 10.0. The average molecular weight is 251 g/mol. The van der Waals surface area contributed by atoms with E-state index < -0.39 is 0 Å². The standard InChI is InChI=1S/C13H8Cl2O/c14-12-5-4-11(7-13(12)15)10-3-1-2-9(6-10)8-16/h1-8H. The highest BCUT2D eigenvalue weighted by Gasteiger charge is 2.02. The summed E-state index contributed by atoms with van der Waals surface area (Å²) < 4.78 is 0. The maximum Gasteiger partial charge on any atom is 0.150 e. The van der Waals surface area contributed by atoms with Crippen LogP contribution in [0.25, 0.3) is 11.1 Å². The Morgan fingerprint density at radius 3 is 2.31 bits per heavy atom. The molecule has 0 spiro atoms. The van der Waals surface area contributed by atoms with E-state index >= 15 is 0 Å². The second-order valence-electron chi connectivity index (χ2n) is 3.37. The Bertz CT molecular complexity index is 535. The van der Waals surface area contributed by atoms with E-state index in [2.05, 4.69) is 0 Å². The van der Waals surface area contributed by atoms with Crippen molar-refractivity contribution in [2.45, 2.75) is 0 Å². The summed E-state index contributed by atoms with van der Waals surface area (Å²) >= 11 is 11.8. The van der Waals surface area contributed by atoms with Gasteiger partial charge in [0.25, 0.3) is 0 Å². The van der Waals surface area contributed by atoms with Crippen molar-refractivity contribution in [3.63, 3.8) is 0 Å². The fraction of sp³-hybridized carbons (Fsp3) is 0. The van der Waals surface area contributed by atoms with Gasteiger partial charge in [-0.2, -0.15) is 0 Å². The molecule has 0 aliphatic rings. The summed E-state index contributed by atoms with van der Waals surface area (Å²) in [6.07, 6.45) is 0.820. The van der Waals surface area contributed by atoms with Gasteiger partial charge in [0, 0.05) is 5.56 Å². The fourth-order valence-corrected chi connectivity index (χ4v) is 1.77. The largest absolute Gasteiger partial charge is 0.298 e. The molecule has 2 rings (SSSR count). The smallest absolute Gasteiger partial charge is 0.150 e. The van der Waals surface area contributed by atoms with Crippen molar-refractivity contribution in [1.29, 1.82) is 0 Å². The third-order valence-corrected chi connectivity index (χ3v) is 3.01. The minimum atomic E-state index is 0.510. The first kappa shape index (κ1) is 11.2. The Morgan fingerprint density at radius 2 is 1.62 bits per heavy atom. The van der Waals surface area contributed by atoms with Crippen LogP contribution < -0.4 is 0 Å². The molecular formula is C13H8Cl2O. The van der Waals surface area contributed by atoms with Crippen molar-refractivity contribution < 1.29 is 4.79 Å². The fourth-order valence-electron chi connectivity index (χ4n) is 1.47. The molecule has 0 aliphatic heterocycles. The van der Waals surface area contributed by atoms with Crippen molar-refractivity contribution in [2.75, 3.05) is 0 Å². The van der Waals surface area contributed by atoms with Crippen LogP contribution in [0.2, 0.25) is 10.0 Å². The predicted octanol–water partition coefficient (Wildman–Crippen LogP) is 4.47. The van der Waals surface area contributed by atoms with E-state index in [9.17, 15) is 4.79 Å². The molecule has 0 radical (unpaired) electrons. The molecule has 80 valence electrons. The predicted molar refractivity (Wildman–Crippen MR) is 67.3 cm³/mol. The third kappa shape index (κ3) is 2.26. The van der Waals surface area contributed by atoms with Gasteiger partial charge in [0.2, 0.25) is 0 Å². The minimum absolute atomic E-state index is 0.510. The number of carbonyl (C=O) groups excluding carboxylic acids is 1. The molecule has 0 fully saturated rings. The summed E-state index contributed by atoms with van der Waals surface area (Å²) in [6, 6.07) is 12.7. The molecule has 0 N–H and O–H groups in total. The van der Waals surface area contributed by atoms with E-state index in [1.807, 2.05) is 24.3 Å². The molecule has 0 aliphatic carbocycles. The Kier molecular flexibility index (Phi) is 3.28. The lowest BCUT2D eigenvalue weighted by molar-refractivity contribution is 0.112. The summed E-state index contributed by atoms with van der Waals surface area (Å²) in [5.41, 5.74) is 2.53. The number of carbonyl (C=O) groups is 1. The molecule has 0 unspecified atom stereocenters. The van der Waals surface area contributed by atoms with Crippen molar-refractivity contribution in [2.24, 2.45) is 0 Å². The quantitative estimate of drug-likeness (QED) is 0.719. The monoisotopic (exact) mass is 250 g/mol. The molecule has 0 atom stereocenters. The molecule has 0 heterocycles. The van der Waals surface area contributed by atoms with Crippen LogP contribution in [-0.4, -0.2) is 6.29 Å². The Morgan fingerprint density at radius 1 is 0.875 bits per heavy atom. The van der Waals surface area contributed by atoms with Crippen LogP contribution in [0, 0.1) is 0 Å². The summed E-state index contributed by atoms with van der Waals surface area (Å²) in [7, 11) is 0. The van der Waals surface area contributed by atoms with E-state index in [1.54, 1.807) is 18.2 Å². The van der Waals surface area contributed by atoms with Gasteiger partial charge in [0.1, 0.15) is 6.29 Å². The van der Waals surface area contributed by atoms with Crippen molar-refractivity contribution in [1.82, 2.24) is 0 Å². The van der Waals surface area contributed by atoms with Crippen LogP contribution in [0.15, 0.2) is 42.5 Å². The van der Waals surface area contributed by atoms with Gasteiger partial charge < -0.3 is 0 Å². The molecule has 2 aromatic carbocycles. The average Bonchev–Trinajstić information content (AvgIpc) is 2.33. The Balaban J connectivity index is 2.49. The van der Waals surface area contributed by atoms with Gasteiger partial charge in [-0.1, -0.05) is 47.5 Å². The van der Waals surface area contributed by atoms with Gasteiger partial charge in [-0.05, 0) is 29.3 Å². The normalized spacial score (nSPS) is 10.1. The Labute approximate surface area is 104 Å². The van der Waals surface area contributed by atoms with Crippen LogP contribution in [0.3, 0.4) is 0 Å². The van der Waals surface area contributed by atoms with Gasteiger partial charge in [-0.25, -0.2) is 0 Å². The topological polar surface area (TPSA) is 17.1 Å². The molecule has 16 heavy (non-hydrogen) atoms. The number of hydrogen-bond acceptors (Lipinski definition) is 1. The second kappa shape index (κ2) is 4.69. The number of halogens is 2. The molecule has 0 amide bonds. The van der Waals surface area contributed by atoms with Crippen LogP contribution in [-0.2, 0) is 0 Å². The molecular weight excluding hydrogens is 243 g/mol. The molecule has 0 saturated heterocycles. The SMILES string of the molecule is O=Cc1cccc(-c2ccc(Cl)c(Cl)c2)c1. The van der Waals surface area contributed by atoms with Crippen molar-refractivity contribution in [3.05, 3.63) is 58.1 Å². The van der Waals surface area contributed by atoms with Crippen molar-refractivity contribution in [3.8, 4) is 11.1 Å². The minimum Gasteiger partial charge on any atom is -0.298 e. The third-order valence-electron chi connectivity index (χ3n) is 2.28. The van der Waals surface area contributed by atoms with Gasteiger partial charge >= 0.3 is 0 Å². The maximum atomic E-state index is 10.7. The van der Waals surface area contributed by atoms with Gasteiger partial charge in [0.05, 0.1) is 10.0 Å². The zero-order chi connectivity index (χ0) is 11.5. The first-order chi connectivity index (χ1) is 7.70. The number of aldehydes is 1. The lowest BCUT2D eigenvalue weighted by Crippen LogP contribution is -1.82. The molecule has 3 heteroatoms. The van der Waals surface area contributed by atoms with E-state index in [0.29, 0.717) is 15.6 Å². The highest BCUT2D eigenvalue weighted by Crippen LogP contribution is 2.28. The molecule has 1 nitrogen and oxygen atoms in total. The highest BCUT2D eigenvalue weighted by atomic mass is 35.5. The Hall–Kier alpha value is -1.31. The highest BCUT2D eigenvalue weighted by molar-refractivity contribution is 6.42. The van der Waals surface area contributed by atoms with E-state index in [0.717, 1.165) is 17.4 Å². The van der Waals surface area contributed by atoms with Gasteiger partial charge in [0.15, 0.2) is 0 Å². The maximum absolute atomic E-state index is 10.7. The summed E-state index contributed by atoms with van der Waals surface area (Å²) in [4.78, 5) is 10.7. The van der Waals surface area contributed by atoms with Crippen LogP contribution in [0.4, 0.5) is 0 Å². The van der Waals surface area contributed by atoms with E-state index in [-0.39, 0.29) is 0 Å². The molecule has 0 saturated carbocycles. The molecule has 2 aromatic rings. The van der Waals surface area contributed by atoms with Gasteiger partial charge in [-0.15, -0.1) is 0 Å². The first-order valence-corrected chi connectivity index (χ1v) is 5.47. The second-order valence-corrected chi connectivity index (χ2v) is 4.19. The summed E-state index contributed by atoms with van der Waals surface area (Å²) in [6.45, 7) is 0. The van der Waals surface area contributed by atoms with Gasteiger partial charge in [-0.3, -0.25) is 4.79 Å². The van der Waals surface area contributed by atoms with Crippen LogP contribution in [0.5, 0.6) is 0 Å². The first-order valence-electron chi connectivity index (χ1n) is 4.71. The summed E-state index contributed by atoms with van der Waals surface area (Å²) in [5.74, 6) is 0.